The molecule has 0 aromatic rings. The van der Waals surface area contributed by atoms with Crippen LogP contribution in [0.15, 0.2) is 0 Å². The highest BCUT2D eigenvalue weighted by Gasteiger charge is 2.25. The van der Waals surface area contributed by atoms with Gasteiger partial charge in [0, 0.05) is 19.1 Å². The molecule has 0 saturated heterocycles. The number of carbonyl (C=O) groups excluding carboxylic acids is 1. The molecule has 1 saturated carbocycles. The van der Waals surface area contributed by atoms with Crippen LogP contribution in [-0.4, -0.2) is 48.1 Å². The second-order valence-electron chi connectivity index (χ2n) is 3.63. The summed E-state index contributed by atoms with van der Waals surface area (Å²) in [6.07, 6.45) is 2.03. The molecule has 1 amide bonds. The second-order valence-corrected chi connectivity index (χ2v) is 3.63. The van der Waals surface area contributed by atoms with Crippen LogP contribution >= 0.6 is 0 Å². The van der Waals surface area contributed by atoms with Crippen LogP contribution in [0.25, 0.3) is 0 Å². The van der Waals surface area contributed by atoms with Crippen molar-refractivity contribution < 1.29 is 14.7 Å². The fourth-order valence-electron chi connectivity index (χ4n) is 1.27. The van der Waals surface area contributed by atoms with Crippen LogP contribution in [0.4, 0.5) is 0 Å². The first-order valence-corrected chi connectivity index (χ1v) is 4.78. The Kier molecular flexibility index (Phi) is 3.88. The van der Waals surface area contributed by atoms with Gasteiger partial charge in [-0.25, -0.2) is 0 Å². The van der Waals surface area contributed by atoms with Crippen molar-refractivity contribution in [2.24, 2.45) is 0 Å². The topological polar surface area (TPSA) is 69.6 Å². The number of rotatable bonds is 6. The van der Waals surface area contributed by atoms with Gasteiger partial charge in [0.1, 0.15) is 6.42 Å². The summed E-state index contributed by atoms with van der Waals surface area (Å²) in [4.78, 5) is 23.2. The molecule has 5 heteroatoms. The molecule has 0 spiro atoms. The van der Waals surface area contributed by atoms with Crippen molar-refractivity contribution in [1.82, 2.24) is 10.2 Å². The third-order valence-electron chi connectivity index (χ3n) is 2.27. The molecular weight excluding hydrogens is 184 g/mol. The molecule has 0 heterocycles. The summed E-state index contributed by atoms with van der Waals surface area (Å²) in [6.45, 7) is 1.31. The van der Waals surface area contributed by atoms with E-state index in [1.807, 2.05) is 7.05 Å². The molecule has 1 rings (SSSR count). The van der Waals surface area contributed by atoms with E-state index in [9.17, 15) is 9.59 Å². The molecule has 5 nitrogen and oxygen atoms in total. The van der Waals surface area contributed by atoms with Gasteiger partial charge >= 0.3 is 5.97 Å². The van der Waals surface area contributed by atoms with Gasteiger partial charge in [0.25, 0.3) is 0 Å². The number of carboxylic acid groups (broad SMARTS) is 1. The number of hydrogen-bond donors (Lipinski definition) is 2. The van der Waals surface area contributed by atoms with Crippen molar-refractivity contribution in [2.75, 3.05) is 20.1 Å². The summed E-state index contributed by atoms with van der Waals surface area (Å²) < 4.78 is 0. The Morgan fingerprint density at radius 3 is 2.64 bits per heavy atom. The molecule has 80 valence electrons. The predicted octanol–water partition coefficient (Wildman–Crippen LogP) is -0.328. The van der Waals surface area contributed by atoms with Gasteiger partial charge in [0.2, 0.25) is 5.91 Å². The number of carboxylic acids is 1. The first-order valence-electron chi connectivity index (χ1n) is 4.78. The zero-order chi connectivity index (χ0) is 10.6. The predicted molar refractivity (Wildman–Crippen MR) is 50.9 cm³/mol. The molecule has 0 radical (unpaired) electrons. The van der Waals surface area contributed by atoms with Gasteiger partial charge in [0.15, 0.2) is 0 Å². The quantitative estimate of drug-likeness (QED) is 0.576. The van der Waals surface area contributed by atoms with Gasteiger partial charge in [0.05, 0.1) is 0 Å². The van der Waals surface area contributed by atoms with Crippen molar-refractivity contribution in [3.8, 4) is 0 Å². The van der Waals surface area contributed by atoms with Crippen molar-refractivity contribution >= 4 is 11.9 Å². The lowest BCUT2D eigenvalue weighted by molar-refractivity contribution is -0.140. The molecule has 0 aliphatic heterocycles. The first kappa shape index (κ1) is 11.0. The first-order chi connectivity index (χ1) is 6.59. The molecule has 1 aliphatic carbocycles. The Labute approximate surface area is 83.1 Å². The Morgan fingerprint density at radius 2 is 2.14 bits per heavy atom. The maximum absolute atomic E-state index is 10.9. The van der Waals surface area contributed by atoms with Crippen LogP contribution in [0, 0.1) is 0 Å². The average molecular weight is 200 g/mol. The highest BCUT2D eigenvalue weighted by atomic mass is 16.4. The molecule has 2 N–H and O–H groups in total. The van der Waals surface area contributed by atoms with Crippen molar-refractivity contribution in [1.29, 1.82) is 0 Å². The standard InChI is InChI=1S/C9H16N2O3/c1-11(7-2-3-7)5-4-10-8(12)6-9(13)14/h7H,2-6H2,1H3,(H,10,12)(H,13,14). The maximum Gasteiger partial charge on any atom is 0.312 e. The molecule has 0 bridgehead atoms. The fourth-order valence-corrected chi connectivity index (χ4v) is 1.27. The van der Waals surface area contributed by atoms with E-state index < -0.39 is 18.3 Å². The van der Waals surface area contributed by atoms with Crippen molar-refractivity contribution in [3.05, 3.63) is 0 Å². The maximum atomic E-state index is 10.9. The average Bonchev–Trinajstić information content (AvgIpc) is 2.84. The lowest BCUT2D eigenvalue weighted by Gasteiger charge is -2.15. The summed E-state index contributed by atoms with van der Waals surface area (Å²) in [7, 11) is 2.01. The van der Waals surface area contributed by atoms with E-state index in [0.717, 1.165) is 6.54 Å². The zero-order valence-corrected chi connectivity index (χ0v) is 8.32. The third-order valence-corrected chi connectivity index (χ3v) is 2.27. The number of nitrogens with one attached hydrogen (secondary N) is 1. The van der Waals surface area contributed by atoms with Crippen molar-refractivity contribution in [3.63, 3.8) is 0 Å². The van der Waals surface area contributed by atoms with Crippen LogP contribution in [-0.2, 0) is 9.59 Å². The third kappa shape index (κ3) is 4.23. The minimum absolute atomic E-state index is 0.415. The van der Waals surface area contributed by atoms with Crippen LogP contribution in [0.3, 0.4) is 0 Å². The van der Waals surface area contributed by atoms with E-state index in [1.165, 1.54) is 12.8 Å². The Bertz CT molecular complexity index is 226. The summed E-state index contributed by atoms with van der Waals surface area (Å²) in [5.74, 6) is -1.50. The molecule has 0 aromatic carbocycles. The number of likely N-dealkylation sites (N-methyl/N-ethyl adjacent to an activating group) is 1. The summed E-state index contributed by atoms with van der Waals surface area (Å²) in [5, 5.41) is 10.9. The number of carbonyl (C=O) groups is 2. The second kappa shape index (κ2) is 4.95. The molecule has 0 aromatic heterocycles. The number of nitrogens with zero attached hydrogens (tertiary/aromatic N) is 1. The summed E-state index contributed by atoms with van der Waals surface area (Å²) in [5.41, 5.74) is 0. The Balaban J connectivity index is 2.02. The smallest absolute Gasteiger partial charge is 0.312 e. The van der Waals surface area contributed by atoms with Gasteiger partial charge in [-0.15, -0.1) is 0 Å². The van der Waals surface area contributed by atoms with E-state index >= 15 is 0 Å². The van der Waals surface area contributed by atoms with Crippen LogP contribution in [0.1, 0.15) is 19.3 Å². The normalized spacial score (nSPS) is 15.6. The van der Waals surface area contributed by atoms with Crippen molar-refractivity contribution in [2.45, 2.75) is 25.3 Å². The summed E-state index contributed by atoms with van der Waals surface area (Å²) >= 11 is 0. The largest absolute Gasteiger partial charge is 0.481 e. The zero-order valence-electron chi connectivity index (χ0n) is 8.32. The van der Waals surface area contributed by atoms with Crippen LogP contribution in [0.5, 0.6) is 0 Å². The Morgan fingerprint density at radius 1 is 1.50 bits per heavy atom. The highest BCUT2D eigenvalue weighted by Crippen LogP contribution is 2.24. The molecule has 0 unspecified atom stereocenters. The summed E-state index contributed by atoms with van der Waals surface area (Å²) in [6, 6.07) is 0.673. The van der Waals surface area contributed by atoms with E-state index in [4.69, 9.17) is 5.11 Å². The molecule has 14 heavy (non-hydrogen) atoms. The van der Waals surface area contributed by atoms with E-state index in [2.05, 4.69) is 10.2 Å². The van der Waals surface area contributed by atoms with Gasteiger partial charge in [-0.2, -0.15) is 0 Å². The van der Waals surface area contributed by atoms with E-state index in [-0.39, 0.29) is 0 Å². The number of aliphatic carboxylic acids is 1. The monoisotopic (exact) mass is 200 g/mol. The number of hydrogen-bond acceptors (Lipinski definition) is 3. The lowest BCUT2D eigenvalue weighted by Crippen LogP contribution is -2.34. The molecule has 0 atom stereocenters. The SMILES string of the molecule is CN(CCNC(=O)CC(=O)O)C1CC1. The molecule has 1 fully saturated rings. The fraction of sp³-hybridized carbons (Fsp3) is 0.778. The minimum atomic E-state index is -1.09. The van der Waals surface area contributed by atoms with Crippen LogP contribution < -0.4 is 5.32 Å². The van der Waals surface area contributed by atoms with E-state index in [1.54, 1.807) is 0 Å². The van der Waals surface area contributed by atoms with E-state index in [0.29, 0.717) is 12.6 Å². The van der Waals surface area contributed by atoms with Gasteiger partial charge < -0.3 is 15.3 Å². The Hall–Kier alpha value is -1.10. The minimum Gasteiger partial charge on any atom is -0.481 e. The van der Waals surface area contributed by atoms with Crippen LogP contribution in [0.2, 0.25) is 0 Å². The molecular formula is C9H16N2O3. The molecule has 1 aliphatic rings. The number of amides is 1. The van der Waals surface area contributed by atoms with Gasteiger partial charge in [-0.05, 0) is 19.9 Å². The lowest BCUT2D eigenvalue weighted by atomic mass is 10.4. The van der Waals surface area contributed by atoms with Gasteiger partial charge in [-0.1, -0.05) is 0 Å². The highest BCUT2D eigenvalue weighted by molar-refractivity contribution is 5.93. The van der Waals surface area contributed by atoms with Gasteiger partial charge in [-0.3, -0.25) is 9.59 Å².